The van der Waals surface area contributed by atoms with E-state index in [-0.39, 0.29) is 5.97 Å². The molecule has 0 amide bonds. The molecule has 1 aromatic heterocycles. The van der Waals surface area contributed by atoms with Crippen molar-refractivity contribution in [3.8, 4) is 0 Å². The molecule has 0 bridgehead atoms. The minimum Gasteiger partial charge on any atom is -0.465 e. The SMILES string of the molecule is CCc1cc(C(=O)OC)c(NC(=S)N2CCOCC2)s1. The summed E-state index contributed by atoms with van der Waals surface area (Å²) in [5, 5.41) is 4.55. The fourth-order valence-corrected chi connectivity index (χ4v) is 3.25. The molecule has 1 fully saturated rings. The molecule has 1 aliphatic rings. The van der Waals surface area contributed by atoms with Gasteiger partial charge in [0, 0.05) is 18.0 Å². The Labute approximate surface area is 127 Å². The highest BCUT2D eigenvalue weighted by atomic mass is 32.1. The van der Waals surface area contributed by atoms with Gasteiger partial charge in [-0.05, 0) is 24.7 Å². The number of methoxy groups -OCH3 is 1. The van der Waals surface area contributed by atoms with Crippen molar-refractivity contribution < 1.29 is 14.3 Å². The molecule has 1 N–H and O–H groups in total. The van der Waals surface area contributed by atoms with Gasteiger partial charge in [0.25, 0.3) is 0 Å². The number of anilines is 1. The van der Waals surface area contributed by atoms with Crippen molar-refractivity contribution >= 4 is 39.6 Å². The van der Waals surface area contributed by atoms with Crippen LogP contribution in [0.15, 0.2) is 6.07 Å². The molecule has 1 aromatic rings. The van der Waals surface area contributed by atoms with E-state index in [1.54, 1.807) is 0 Å². The lowest BCUT2D eigenvalue weighted by Gasteiger charge is -2.29. The Bertz CT molecular complexity index is 496. The van der Waals surface area contributed by atoms with Crippen LogP contribution in [0.3, 0.4) is 0 Å². The third-order valence-corrected chi connectivity index (χ3v) is 4.61. The zero-order valence-corrected chi connectivity index (χ0v) is 13.2. The molecule has 110 valence electrons. The average molecular weight is 314 g/mol. The number of hydrogen-bond acceptors (Lipinski definition) is 5. The lowest BCUT2D eigenvalue weighted by molar-refractivity contribution is 0.0602. The zero-order chi connectivity index (χ0) is 14.5. The van der Waals surface area contributed by atoms with Gasteiger partial charge in [0.15, 0.2) is 5.11 Å². The topological polar surface area (TPSA) is 50.8 Å². The number of morpholine rings is 1. The molecule has 7 heteroatoms. The van der Waals surface area contributed by atoms with E-state index in [0.717, 1.165) is 29.4 Å². The molecule has 0 aromatic carbocycles. The molecule has 0 unspecified atom stereocenters. The van der Waals surface area contributed by atoms with Crippen LogP contribution in [0.25, 0.3) is 0 Å². The number of carbonyl (C=O) groups excluding carboxylic acids is 1. The number of thiocarbonyl (C=S) groups is 1. The van der Waals surface area contributed by atoms with Gasteiger partial charge in [-0.15, -0.1) is 11.3 Å². The molecule has 0 atom stereocenters. The van der Waals surface area contributed by atoms with Crippen LogP contribution in [-0.4, -0.2) is 49.4 Å². The third-order valence-electron chi connectivity index (χ3n) is 3.06. The molecule has 0 aliphatic carbocycles. The molecule has 20 heavy (non-hydrogen) atoms. The second kappa shape index (κ2) is 7.01. The summed E-state index contributed by atoms with van der Waals surface area (Å²) in [6, 6.07) is 1.86. The van der Waals surface area contributed by atoms with Crippen LogP contribution < -0.4 is 5.32 Å². The van der Waals surface area contributed by atoms with E-state index in [0.29, 0.717) is 23.9 Å². The van der Waals surface area contributed by atoms with E-state index in [4.69, 9.17) is 21.7 Å². The number of nitrogens with zero attached hydrogens (tertiary/aromatic N) is 1. The van der Waals surface area contributed by atoms with Crippen LogP contribution in [0, 0.1) is 0 Å². The monoisotopic (exact) mass is 314 g/mol. The Morgan fingerprint density at radius 2 is 2.25 bits per heavy atom. The number of hydrogen-bond donors (Lipinski definition) is 1. The fourth-order valence-electron chi connectivity index (χ4n) is 1.91. The summed E-state index contributed by atoms with van der Waals surface area (Å²) in [6.45, 7) is 4.94. The number of aryl methyl sites for hydroxylation is 1. The summed E-state index contributed by atoms with van der Waals surface area (Å²) >= 11 is 6.94. The number of esters is 1. The minimum atomic E-state index is -0.340. The number of thiophene rings is 1. The largest absolute Gasteiger partial charge is 0.465 e. The summed E-state index contributed by atoms with van der Waals surface area (Å²) in [4.78, 5) is 15.0. The Balaban J connectivity index is 2.12. The molecule has 1 saturated heterocycles. The first-order valence-electron chi connectivity index (χ1n) is 6.50. The second-order valence-electron chi connectivity index (χ2n) is 4.33. The molecule has 0 radical (unpaired) electrons. The molecule has 2 heterocycles. The first-order valence-corrected chi connectivity index (χ1v) is 7.73. The Hall–Kier alpha value is -1.18. The fraction of sp³-hybridized carbons (Fsp3) is 0.538. The summed E-state index contributed by atoms with van der Waals surface area (Å²) in [5.74, 6) is -0.340. The van der Waals surface area contributed by atoms with Gasteiger partial charge in [-0.2, -0.15) is 0 Å². The van der Waals surface area contributed by atoms with Gasteiger partial charge in [-0.3, -0.25) is 0 Å². The number of nitrogens with one attached hydrogen (secondary N) is 1. The van der Waals surface area contributed by atoms with E-state index < -0.39 is 0 Å². The quantitative estimate of drug-likeness (QED) is 0.681. The third kappa shape index (κ3) is 3.47. The first-order chi connectivity index (χ1) is 9.65. The highest BCUT2D eigenvalue weighted by Crippen LogP contribution is 2.29. The van der Waals surface area contributed by atoms with Crippen LogP contribution in [0.1, 0.15) is 22.2 Å². The molecular formula is C13H18N2O3S2. The summed E-state index contributed by atoms with van der Waals surface area (Å²) in [7, 11) is 1.38. The molecule has 0 saturated carbocycles. The van der Waals surface area contributed by atoms with Crippen molar-refractivity contribution in [1.82, 2.24) is 4.90 Å². The zero-order valence-electron chi connectivity index (χ0n) is 11.6. The van der Waals surface area contributed by atoms with Crippen LogP contribution in [0.4, 0.5) is 5.00 Å². The predicted molar refractivity (Wildman–Crippen MR) is 83.6 cm³/mol. The summed E-state index contributed by atoms with van der Waals surface area (Å²) in [6.07, 6.45) is 0.876. The van der Waals surface area contributed by atoms with Crippen LogP contribution >= 0.6 is 23.6 Å². The van der Waals surface area contributed by atoms with Gasteiger partial charge in [0.05, 0.1) is 25.9 Å². The predicted octanol–water partition coefficient (Wildman–Crippen LogP) is 2.13. The molecule has 1 aliphatic heterocycles. The lowest BCUT2D eigenvalue weighted by atomic mass is 10.2. The Morgan fingerprint density at radius 1 is 1.55 bits per heavy atom. The maximum atomic E-state index is 11.8. The van der Waals surface area contributed by atoms with Crippen molar-refractivity contribution in [3.05, 3.63) is 16.5 Å². The Morgan fingerprint density at radius 3 is 2.85 bits per heavy atom. The average Bonchev–Trinajstić information content (AvgIpc) is 2.90. The maximum absolute atomic E-state index is 11.8. The van der Waals surface area contributed by atoms with E-state index in [9.17, 15) is 4.79 Å². The van der Waals surface area contributed by atoms with Gasteiger partial charge in [0.2, 0.25) is 0 Å². The Kier molecular flexibility index (Phi) is 5.33. The normalized spacial score (nSPS) is 15.0. The van der Waals surface area contributed by atoms with Crippen molar-refractivity contribution in [2.24, 2.45) is 0 Å². The number of carbonyl (C=O) groups is 1. The highest BCUT2D eigenvalue weighted by Gasteiger charge is 2.20. The van der Waals surface area contributed by atoms with Crippen molar-refractivity contribution in [2.45, 2.75) is 13.3 Å². The van der Waals surface area contributed by atoms with E-state index >= 15 is 0 Å². The van der Waals surface area contributed by atoms with Gasteiger partial charge in [-0.25, -0.2) is 4.79 Å². The number of ether oxygens (including phenoxy) is 2. The highest BCUT2D eigenvalue weighted by molar-refractivity contribution is 7.80. The lowest BCUT2D eigenvalue weighted by Crippen LogP contribution is -2.42. The van der Waals surface area contributed by atoms with E-state index in [2.05, 4.69) is 12.2 Å². The van der Waals surface area contributed by atoms with Crippen LogP contribution in [-0.2, 0) is 15.9 Å². The van der Waals surface area contributed by atoms with Gasteiger partial charge < -0.3 is 19.7 Å². The van der Waals surface area contributed by atoms with Crippen LogP contribution in [0.2, 0.25) is 0 Å². The van der Waals surface area contributed by atoms with E-state index in [1.165, 1.54) is 18.4 Å². The summed E-state index contributed by atoms with van der Waals surface area (Å²) < 4.78 is 10.1. The standard InChI is InChI=1S/C13H18N2O3S2/c1-3-9-8-10(12(16)17-2)11(20-9)14-13(19)15-4-6-18-7-5-15/h8H,3-7H2,1-2H3,(H,14,19). The smallest absolute Gasteiger partial charge is 0.340 e. The second-order valence-corrected chi connectivity index (χ2v) is 5.85. The first kappa shape index (κ1) is 15.2. The molecule has 0 spiro atoms. The molecule has 5 nitrogen and oxygen atoms in total. The minimum absolute atomic E-state index is 0.340. The molecule has 2 rings (SSSR count). The van der Waals surface area contributed by atoms with Crippen molar-refractivity contribution in [3.63, 3.8) is 0 Å². The number of rotatable bonds is 3. The van der Waals surface area contributed by atoms with Gasteiger partial charge in [-0.1, -0.05) is 6.92 Å². The van der Waals surface area contributed by atoms with Gasteiger partial charge in [0.1, 0.15) is 5.00 Å². The van der Waals surface area contributed by atoms with Crippen molar-refractivity contribution in [1.29, 1.82) is 0 Å². The molecular weight excluding hydrogens is 296 g/mol. The summed E-state index contributed by atoms with van der Waals surface area (Å²) in [5.41, 5.74) is 0.546. The van der Waals surface area contributed by atoms with E-state index in [1.807, 2.05) is 11.0 Å². The van der Waals surface area contributed by atoms with Crippen LogP contribution in [0.5, 0.6) is 0 Å². The maximum Gasteiger partial charge on any atom is 0.340 e. The van der Waals surface area contributed by atoms with Crippen molar-refractivity contribution in [2.75, 3.05) is 38.7 Å². The van der Waals surface area contributed by atoms with Gasteiger partial charge >= 0.3 is 5.97 Å².